The van der Waals surface area contributed by atoms with Crippen molar-refractivity contribution in [3.63, 3.8) is 0 Å². The molecule has 0 aromatic carbocycles. The van der Waals surface area contributed by atoms with Gasteiger partial charge in [0.05, 0.1) is 16.9 Å². The molecule has 2 N–H and O–H groups in total. The van der Waals surface area contributed by atoms with Crippen LogP contribution >= 0.6 is 11.6 Å². The van der Waals surface area contributed by atoms with Gasteiger partial charge in [-0.15, -0.1) is 0 Å². The van der Waals surface area contributed by atoms with E-state index < -0.39 is 0 Å². The third-order valence-electron chi connectivity index (χ3n) is 2.19. The van der Waals surface area contributed by atoms with Crippen molar-refractivity contribution >= 4 is 23.2 Å². The maximum absolute atomic E-state index is 11.5. The molecule has 1 unspecified atom stereocenters. The minimum absolute atomic E-state index is 0.00685. The van der Waals surface area contributed by atoms with E-state index in [1.807, 2.05) is 0 Å². The van der Waals surface area contributed by atoms with Crippen LogP contribution in [0, 0.1) is 0 Å². The molecule has 1 aliphatic rings. The average Bonchev–Trinajstić information content (AvgIpc) is 2.46. The number of hydrogen-bond donors (Lipinski definition) is 1. The fourth-order valence-electron chi connectivity index (χ4n) is 1.54. The van der Waals surface area contributed by atoms with Gasteiger partial charge in [0.25, 0.3) is 0 Å². The molecule has 1 aromatic heterocycles. The van der Waals surface area contributed by atoms with Crippen LogP contribution in [-0.2, 0) is 4.79 Å². The number of pyridine rings is 1. The Morgan fingerprint density at radius 1 is 1.64 bits per heavy atom. The zero-order valence-electron chi connectivity index (χ0n) is 7.48. The predicted octanol–water partition coefficient (Wildman–Crippen LogP) is 0.799. The number of nitrogens with zero attached hydrogens (tertiary/aromatic N) is 2. The molecule has 1 fully saturated rings. The first-order chi connectivity index (χ1) is 6.68. The summed E-state index contributed by atoms with van der Waals surface area (Å²) in [5.41, 5.74) is 6.32. The normalized spacial score (nSPS) is 21.7. The molecule has 2 heterocycles. The Balaban J connectivity index is 2.32. The van der Waals surface area contributed by atoms with Crippen LogP contribution in [0.15, 0.2) is 18.5 Å². The fraction of sp³-hybridized carbons (Fsp3) is 0.333. The van der Waals surface area contributed by atoms with Crippen molar-refractivity contribution < 1.29 is 4.79 Å². The summed E-state index contributed by atoms with van der Waals surface area (Å²) in [6.45, 7) is 0.518. The van der Waals surface area contributed by atoms with Crippen LogP contribution in [0.5, 0.6) is 0 Å². The van der Waals surface area contributed by atoms with E-state index in [-0.39, 0.29) is 11.9 Å². The van der Waals surface area contributed by atoms with Gasteiger partial charge in [0.1, 0.15) is 0 Å². The Labute approximate surface area is 86.7 Å². The largest absolute Gasteiger partial charge is 0.326 e. The van der Waals surface area contributed by atoms with E-state index in [1.54, 1.807) is 23.4 Å². The Morgan fingerprint density at radius 2 is 2.43 bits per heavy atom. The van der Waals surface area contributed by atoms with Crippen LogP contribution in [0.2, 0.25) is 5.02 Å². The summed E-state index contributed by atoms with van der Waals surface area (Å²) in [5, 5.41) is 0.530. The predicted molar refractivity (Wildman–Crippen MR) is 54.2 cm³/mol. The van der Waals surface area contributed by atoms with Crippen molar-refractivity contribution in [2.75, 3.05) is 11.4 Å². The first kappa shape index (κ1) is 9.43. The van der Waals surface area contributed by atoms with Crippen molar-refractivity contribution in [3.05, 3.63) is 23.5 Å². The molecule has 1 atom stereocenters. The fourth-order valence-corrected chi connectivity index (χ4v) is 1.74. The number of aromatic nitrogens is 1. The molecule has 0 bridgehead atoms. The van der Waals surface area contributed by atoms with Crippen molar-refractivity contribution in [3.8, 4) is 0 Å². The van der Waals surface area contributed by atoms with E-state index in [2.05, 4.69) is 4.98 Å². The molecule has 1 saturated heterocycles. The lowest BCUT2D eigenvalue weighted by Gasteiger charge is -2.16. The highest BCUT2D eigenvalue weighted by Crippen LogP contribution is 2.27. The molecule has 1 aromatic rings. The summed E-state index contributed by atoms with van der Waals surface area (Å²) in [7, 11) is 0. The van der Waals surface area contributed by atoms with Crippen LogP contribution in [0.4, 0.5) is 5.69 Å². The standard InChI is InChI=1S/C9H10ClN3O/c10-7-1-2-12-4-8(7)13-5-6(11)3-9(13)14/h1-2,4,6H,3,5,11H2. The van der Waals surface area contributed by atoms with Crippen molar-refractivity contribution in [1.82, 2.24) is 4.98 Å². The van der Waals surface area contributed by atoms with Crippen LogP contribution in [0.1, 0.15) is 6.42 Å². The number of carbonyl (C=O) groups excluding carboxylic acids is 1. The molecule has 0 aliphatic carbocycles. The maximum Gasteiger partial charge on any atom is 0.228 e. The van der Waals surface area contributed by atoms with Crippen molar-refractivity contribution in [1.29, 1.82) is 0 Å². The van der Waals surface area contributed by atoms with Gasteiger partial charge in [-0.25, -0.2) is 0 Å². The lowest BCUT2D eigenvalue weighted by atomic mass is 10.3. The summed E-state index contributed by atoms with van der Waals surface area (Å²) in [6.07, 6.45) is 3.55. The molecule has 4 nitrogen and oxygen atoms in total. The monoisotopic (exact) mass is 211 g/mol. The number of anilines is 1. The zero-order valence-corrected chi connectivity index (χ0v) is 8.24. The van der Waals surface area contributed by atoms with E-state index in [9.17, 15) is 4.79 Å². The highest BCUT2D eigenvalue weighted by Gasteiger charge is 2.29. The van der Waals surface area contributed by atoms with E-state index in [0.29, 0.717) is 23.7 Å². The van der Waals surface area contributed by atoms with Crippen LogP contribution in [0.25, 0.3) is 0 Å². The number of hydrogen-bond acceptors (Lipinski definition) is 3. The molecular formula is C9H10ClN3O. The lowest BCUT2D eigenvalue weighted by Crippen LogP contribution is -2.28. The Morgan fingerprint density at radius 3 is 3.00 bits per heavy atom. The second kappa shape index (κ2) is 3.55. The van der Waals surface area contributed by atoms with Crippen LogP contribution in [0.3, 0.4) is 0 Å². The summed E-state index contributed by atoms with van der Waals surface area (Å²) in [6, 6.07) is 1.56. The minimum atomic E-state index is -0.0984. The van der Waals surface area contributed by atoms with Crippen LogP contribution < -0.4 is 10.6 Å². The molecule has 5 heteroatoms. The molecule has 14 heavy (non-hydrogen) atoms. The molecule has 0 saturated carbocycles. The highest BCUT2D eigenvalue weighted by molar-refractivity contribution is 6.33. The van der Waals surface area contributed by atoms with Gasteiger partial charge in [0.2, 0.25) is 5.91 Å². The van der Waals surface area contributed by atoms with E-state index in [1.165, 1.54) is 0 Å². The van der Waals surface area contributed by atoms with Gasteiger partial charge >= 0.3 is 0 Å². The van der Waals surface area contributed by atoms with Crippen LogP contribution in [-0.4, -0.2) is 23.5 Å². The molecule has 2 rings (SSSR count). The first-order valence-corrected chi connectivity index (χ1v) is 4.71. The summed E-state index contributed by atoms with van der Waals surface area (Å²) in [4.78, 5) is 17.0. The zero-order chi connectivity index (χ0) is 10.1. The SMILES string of the molecule is NC1CC(=O)N(c2cnccc2Cl)C1. The molecule has 0 spiro atoms. The maximum atomic E-state index is 11.5. The topological polar surface area (TPSA) is 59.2 Å². The summed E-state index contributed by atoms with van der Waals surface area (Å²) < 4.78 is 0. The minimum Gasteiger partial charge on any atom is -0.326 e. The van der Waals surface area contributed by atoms with E-state index in [4.69, 9.17) is 17.3 Å². The van der Waals surface area contributed by atoms with Gasteiger partial charge in [-0.1, -0.05) is 11.6 Å². The Hall–Kier alpha value is -1.13. The highest BCUT2D eigenvalue weighted by atomic mass is 35.5. The molecular weight excluding hydrogens is 202 g/mol. The summed E-state index contributed by atoms with van der Waals surface area (Å²) in [5.74, 6) is 0.00685. The summed E-state index contributed by atoms with van der Waals surface area (Å²) >= 11 is 5.94. The third kappa shape index (κ3) is 1.58. The van der Waals surface area contributed by atoms with E-state index >= 15 is 0 Å². The lowest BCUT2D eigenvalue weighted by molar-refractivity contribution is -0.117. The number of carbonyl (C=O) groups is 1. The number of nitrogens with two attached hydrogens (primary N) is 1. The van der Waals surface area contributed by atoms with Crippen molar-refractivity contribution in [2.24, 2.45) is 5.73 Å². The van der Waals surface area contributed by atoms with E-state index in [0.717, 1.165) is 0 Å². The second-order valence-corrected chi connectivity index (χ2v) is 3.70. The first-order valence-electron chi connectivity index (χ1n) is 4.34. The molecule has 74 valence electrons. The average molecular weight is 212 g/mol. The van der Waals surface area contributed by atoms with Gasteiger partial charge in [0, 0.05) is 25.2 Å². The van der Waals surface area contributed by atoms with Gasteiger partial charge < -0.3 is 10.6 Å². The number of amides is 1. The van der Waals surface area contributed by atoms with Crippen molar-refractivity contribution in [2.45, 2.75) is 12.5 Å². The van der Waals surface area contributed by atoms with Gasteiger partial charge in [-0.2, -0.15) is 0 Å². The quantitative estimate of drug-likeness (QED) is 0.748. The molecule has 0 radical (unpaired) electrons. The van der Waals surface area contributed by atoms with Gasteiger partial charge in [-0.05, 0) is 6.07 Å². The molecule has 1 aliphatic heterocycles. The third-order valence-corrected chi connectivity index (χ3v) is 2.51. The Bertz CT molecular complexity index is 369. The second-order valence-electron chi connectivity index (χ2n) is 3.30. The number of rotatable bonds is 1. The Kier molecular flexibility index (Phi) is 2.39. The smallest absolute Gasteiger partial charge is 0.228 e. The van der Waals surface area contributed by atoms with Gasteiger partial charge in [-0.3, -0.25) is 9.78 Å². The van der Waals surface area contributed by atoms with Gasteiger partial charge in [0.15, 0.2) is 0 Å². The molecule has 1 amide bonds. The number of halogens is 1.